The molecule has 2 N–H and O–H groups in total. The highest BCUT2D eigenvalue weighted by atomic mass is 16.5. The summed E-state index contributed by atoms with van der Waals surface area (Å²) in [6.45, 7) is 0.944. The Morgan fingerprint density at radius 1 is 0.897 bits per heavy atom. The standard InChI is InChI=1S/C25H30N2O2/c28-24(16-26-25-13-19-10-20(14-25)12-21(11-19)15-25)27-22-6-8-23(9-7-22)29-17-18-4-2-1-3-5-18/h1-9,19-21,26H,10-17H2,(H,27,28). The smallest absolute Gasteiger partial charge is 0.238 e. The number of nitrogens with one attached hydrogen (secondary N) is 2. The SMILES string of the molecule is O=C(CNC12CC3CC(CC(C3)C1)C2)Nc1ccc(OCc2ccccc2)cc1. The van der Waals surface area contributed by atoms with E-state index in [1.54, 1.807) is 0 Å². The van der Waals surface area contributed by atoms with E-state index in [0.29, 0.717) is 13.2 Å². The van der Waals surface area contributed by atoms with Crippen molar-refractivity contribution in [2.45, 2.75) is 50.7 Å². The predicted octanol–water partition coefficient (Wildman–Crippen LogP) is 4.76. The van der Waals surface area contributed by atoms with E-state index in [0.717, 1.165) is 34.8 Å². The summed E-state index contributed by atoms with van der Waals surface area (Å²) >= 11 is 0. The van der Waals surface area contributed by atoms with Gasteiger partial charge in [0.15, 0.2) is 0 Å². The normalized spacial score (nSPS) is 29.6. The fourth-order valence-electron chi connectivity index (χ4n) is 6.18. The van der Waals surface area contributed by atoms with E-state index in [1.165, 1.54) is 38.5 Å². The first kappa shape index (κ1) is 18.7. The molecule has 4 bridgehead atoms. The van der Waals surface area contributed by atoms with Crippen LogP contribution in [-0.2, 0) is 11.4 Å². The first-order chi connectivity index (χ1) is 14.2. The van der Waals surface area contributed by atoms with Crippen LogP contribution >= 0.6 is 0 Å². The van der Waals surface area contributed by atoms with E-state index in [1.807, 2.05) is 54.6 Å². The second kappa shape index (κ2) is 7.83. The number of ether oxygens (including phenoxy) is 1. The molecule has 6 rings (SSSR count). The lowest BCUT2D eigenvalue weighted by Gasteiger charge is -2.57. The molecule has 2 aromatic carbocycles. The predicted molar refractivity (Wildman–Crippen MR) is 115 cm³/mol. The maximum Gasteiger partial charge on any atom is 0.238 e. The third kappa shape index (κ3) is 4.32. The summed E-state index contributed by atoms with van der Waals surface area (Å²) in [6, 6.07) is 17.7. The molecule has 1 amide bonds. The van der Waals surface area contributed by atoms with Crippen molar-refractivity contribution in [2.24, 2.45) is 17.8 Å². The molecule has 0 atom stereocenters. The molecule has 29 heavy (non-hydrogen) atoms. The van der Waals surface area contributed by atoms with Crippen LogP contribution in [0.3, 0.4) is 0 Å². The molecule has 0 heterocycles. The lowest BCUT2D eigenvalue weighted by molar-refractivity contribution is -0.116. The number of amides is 1. The average Bonchev–Trinajstić information content (AvgIpc) is 2.72. The number of hydrogen-bond donors (Lipinski definition) is 2. The van der Waals surface area contributed by atoms with Crippen LogP contribution in [0.15, 0.2) is 54.6 Å². The van der Waals surface area contributed by atoms with Gasteiger partial charge in [-0.05, 0) is 86.1 Å². The molecule has 0 unspecified atom stereocenters. The molecule has 4 nitrogen and oxygen atoms in total. The van der Waals surface area contributed by atoms with Crippen molar-refractivity contribution in [3.8, 4) is 5.75 Å². The van der Waals surface area contributed by atoms with Gasteiger partial charge in [0.25, 0.3) is 0 Å². The maximum atomic E-state index is 12.5. The number of rotatable bonds is 7. The van der Waals surface area contributed by atoms with Gasteiger partial charge in [-0.2, -0.15) is 0 Å². The van der Waals surface area contributed by atoms with Crippen LogP contribution in [0.2, 0.25) is 0 Å². The summed E-state index contributed by atoms with van der Waals surface area (Å²) in [5.74, 6) is 3.51. The molecule has 0 aliphatic heterocycles. The summed E-state index contributed by atoms with van der Waals surface area (Å²) in [5, 5.41) is 6.68. The molecule has 4 fully saturated rings. The first-order valence-corrected chi connectivity index (χ1v) is 11.0. The number of carbonyl (C=O) groups is 1. The topological polar surface area (TPSA) is 50.4 Å². The van der Waals surface area contributed by atoms with Crippen molar-refractivity contribution in [1.82, 2.24) is 5.32 Å². The second-order valence-electron chi connectivity index (χ2n) is 9.40. The van der Waals surface area contributed by atoms with Gasteiger partial charge in [-0.25, -0.2) is 0 Å². The Bertz CT molecular complexity index is 812. The van der Waals surface area contributed by atoms with Gasteiger partial charge in [0.05, 0.1) is 6.54 Å². The minimum atomic E-state index is 0.0405. The fraction of sp³-hybridized carbons (Fsp3) is 0.480. The third-order valence-electron chi connectivity index (χ3n) is 7.05. The molecular formula is C25H30N2O2. The van der Waals surface area contributed by atoms with Crippen LogP contribution in [-0.4, -0.2) is 18.0 Å². The minimum absolute atomic E-state index is 0.0405. The van der Waals surface area contributed by atoms with E-state index in [-0.39, 0.29) is 11.4 Å². The van der Waals surface area contributed by atoms with Gasteiger partial charge in [-0.1, -0.05) is 30.3 Å². The van der Waals surface area contributed by atoms with Crippen molar-refractivity contribution in [1.29, 1.82) is 0 Å². The zero-order valence-electron chi connectivity index (χ0n) is 16.9. The van der Waals surface area contributed by atoms with E-state index >= 15 is 0 Å². The summed E-state index contributed by atoms with van der Waals surface area (Å²) in [5.41, 5.74) is 2.18. The second-order valence-corrected chi connectivity index (χ2v) is 9.40. The van der Waals surface area contributed by atoms with E-state index in [9.17, 15) is 4.79 Å². The van der Waals surface area contributed by atoms with Crippen molar-refractivity contribution in [3.05, 3.63) is 60.2 Å². The largest absolute Gasteiger partial charge is 0.489 e. The molecule has 2 aromatic rings. The zero-order valence-corrected chi connectivity index (χ0v) is 16.9. The maximum absolute atomic E-state index is 12.5. The van der Waals surface area contributed by atoms with Crippen molar-refractivity contribution < 1.29 is 9.53 Å². The Hall–Kier alpha value is -2.33. The monoisotopic (exact) mass is 390 g/mol. The van der Waals surface area contributed by atoms with Crippen LogP contribution < -0.4 is 15.4 Å². The van der Waals surface area contributed by atoms with Gasteiger partial charge < -0.3 is 15.4 Å². The summed E-state index contributed by atoms with van der Waals surface area (Å²) in [4.78, 5) is 12.5. The van der Waals surface area contributed by atoms with E-state index < -0.39 is 0 Å². The Kier molecular flexibility index (Phi) is 5.04. The number of benzene rings is 2. The number of anilines is 1. The molecule has 4 heteroatoms. The lowest BCUT2D eigenvalue weighted by Crippen LogP contribution is -2.59. The van der Waals surface area contributed by atoms with Gasteiger partial charge in [0, 0.05) is 11.2 Å². The van der Waals surface area contributed by atoms with Crippen molar-refractivity contribution in [3.63, 3.8) is 0 Å². The van der Waals surface area contributed by atoms with Crippen molar-refractivity contribution >= 4 is 11.6 Å². The van der Waals surface area contributed by atoms with Gasteiger partial charge in [0.2, 0.25) is 5.91 Å². The van der Waals surface area contributed by atoms with Gasteiger partial charge in [-0.3, -0.25) is 4.79 Å². The lowest BCUT2D eigenvalue weighted by atomic mass is 9.53. The molecule has 152 valence electrons. The third-order valence-corrected chi connectivity index (χ3v) is 7.05. The minimum Gasteiger partial charge on any atom is -0.489 e. The number of carbonyl (C=O) groups excluding carboxylic acids is 1. The van der Waals surface area contributed by atoms with Gasteiger partial charge in [-0.15, -0.1) is 0 Å². The molecular weight excluding hydrogens is 360 g/mol. The molecule has 4 saturated carbocycles. The highest BCUT2D eigenvalue weighted by molar-refractivity contribution is 5.92. The van der Waals surface area contributed by atoms with Crippen LogP contribution in [0.5, 0.6) is 5.75 Å². The Labute approximate surface area is 173 Å². The summed E-state index contributed by atoms with van der Waals surface area (Å²) in [7, 11) is 0. The first-order valence-electron chi connectivity index (χ1n) is 11.0. The van der Waals surface area contributed by atoms with Crippen LogP contribution in [0, 0.1) is 17.8 Å². The molecule has 0 saturated heterocycles. The highest BCUT2D eigenvalue weighted by Gasteiger charge is 2.50. The summed E-state index contributed by atoms with van der Waals surface area (Å²) < 4.78 is 5.81. The van der Waals surface area contributed by atoms with Crippen LogP contribution in [0.4, 0.5) is 5.69 Å². The molecule has 0 radical (unpaired) electrons. The van der Waals surface area contributed by atoms with Gasteiger partial charge in [0.1, 0.15) is 12.4 Å². The Morgan fingerprint density at radius 2 is 1.52 bits per heavy atom. The quantitative estimate of drug-likeness (QED) is 0.716. The van der Waals surface area contributed by atoms with Gasteiger partial charge >= 0.3 is 0 Å². The fourth-order valence-corrected chi connectivity index (χ4v) is 6.18. The van der Waals surface area contributed by atoms with Crippen LogP contribution in [0.25, 0.3) is 0 Å². The highest BCUT2D eigenvalue weighted by Crippen LogP contribution is 2.55. The zero-order chi connectivity index (χ0) is 19.7. The number of hydrogen-bond acceptors (Lipinski definition) is 3. The van der Waals surface area contributed by atoms with Crippen molar-refractivity contribution in [2.75, 3.05) is 11.9 Å². The molecule has 4 aliphatic carbocycles. The molecule has 4 aliphatic rings. The Balaban J connectivity index is 1.10. The molecule has 0 spiro atoms. The summed E-state index contributed by atoms with van der Waals surface area (Å²) in [6.07, 6.45) is 8.06. The van der Waals surface area contributed by atoms with Crippen LogP contribution in [0.1, 0.15) is 44.1 Å². The van der Waals surface area contributed by atoms with E-state index in [4.69, 9.17) is 4.74 Å². The van der Waals surface area contributed by atoms with E-state index in [2.05, 4.69) is 10.6 Å². The molecule has 0 aromatic heterocycles. The Morgan fingerprint density at radius 3 is 2.14 bits per heavy atom. The average molecular weight is 391 g/mol.